The predicted molar refractivity (Wildman–Crippen MR) is 98.6 cm³/mol. The molecule has 128 valence electrons. The topological polar surface area (TPSA) is 59.6 Å². The summed E-state index contributed by atoms with van der Waals surface area (Å²) in [5.41, 5.74) is 1.95. The lowest BCUT2D eigenvalue weighted by atomic mass is 10.2. The van der Waals surface area contributed by atoms with Crippen molar-refractivity contribution in [2.45, 2.75) is 13.0 Å². The van der Waals surface area contributed by atoms with Crippen molar-refractivity contribution in [3.63, 3.8) is 0 Å². The molecule has 0 heterocycles. The molecule has 0 fully saturated rings. The number of ether oxygens (including phenoxy) is 2. The second kappa shape index (κ2) is 9.17. The first-order valence-electron chi connectivity index (χ1n) is 7.59. The lowest BCUT2D eigenvalue weighted by Crippen LogP contribution is -2.24. The third-order valence-corrected chi connectivity index (χ3v) is 3.99. The van der Waals surface area contributed by atoms with Gasteiger partial charge >= 0.3 is 0 Å². The van der Waals surface area contributed by atoms with Crippen molar-refractivity contribution in [1.29, 1.82) is 0 Å². The molecule has 0 atom stereocenters. The minimum Gasteiger partial charge on any atom is -0.493 e. The molecule has 0 saturated heterocycles. The van der Waals surface area contributed by atoms with Crippen molar-refractivity contribution >= 4 is 27.5 Å². The molecule has 0 saturated carbocycles. The van der Waals surface area contributed by atoms with E-state index in [1.807, 2.05) is 42.5 Å². The van der Waals surface area contributed by atoms with Gasteiger partial charge in [-0.3, -0.25) is 4.79 Å². The van der Waals surface area contributed by atoms with Crippen molar-refractivity contribution in [3.8, 4) is 11.5 Å². The number of benzene rings is 2. The van der Waals surface area contributed by atoms with Crippen molar-refractivity contribution in [2.24, 2.45) is 0 Å². The van der Waals surface area contributed by atoms with Crippen LogP contribution in [0.4, 0.5) is 5.69 Å². The smallest absolute Gasteiger partial charge is 0.222 e. The van der Waals surface area contributed by atoms with Crippen LogP contribution in [0.15, 0.2) is 46.9 Å². The van der Waals surface area contributed by atoms with Crippen LogP contribution < -0.4 is 20.1 Å². The Bertz CT molecular complexity index is 674. The summed E-state index contributed by atoms with van der Waals surface area (Å²) in [4.78, 5) is 11.9. The van der Waals surface area contributed by atoms with Gasteiger partial charge < -0.3 is 20.1 Å². The average molecular weight is 393 g/mol. The van der Waals surface area contributed by atoms with E-state index in [1.165, 1.54) is 0 Å². The Morgan fingerprint density at radius 3 is 2.42 bits per heavy atom. The highest BCUT2D eigenvalue weighted by atomic mass is 79.9. The van der Waals surface area contributed by atoms with Crippen LogP contribution >= 0.6 is 15.9 Å². The van der Waals surface area contributed by atoms with E-state index in [0.29, 0.717) is 31.0 Å². The zero-order chi connectivity index (χ0) is 17.4. The fraction of sp³-hybridized carbons (Fsp3) is 0.278. The molecule has 0 spiro atoms. The third-order valence-electron chi connectivity index (χ3n) is 3.46. The van der Waals surface area contributed by atoms with Crippen molar-refractivity contribution in [3.05, 3.63) is 52.5 Å². The molecule has 6 heteroatoms. The summed E-state index contributed by atoms with van der Waals surface area (Å²) < 4.78 is 11.5. The van der Waals surface area contributed by atoms with Gasteiger partial charge in [0.2, 0.25) is 5.91 Å². The third kappa shape index (κ3) is 5.45. The number of halogens is 1. The monoisotopic (exact) mass is 392 g/mol. The fourth-order valence-corrected chi connectivity index (χ4v) is 2.43. The van der Waals surface area contributed by atoms with E-state index in [9.17, 15) is 4.79 Å². The van der Waals surface area contributed by atoms with E-state index in [0.717, 1.165) is 15.7 Å². The maximum atomic E-state index is 11.9. The van der Waals surface area contributed by atoms with Gasteiger partial charge in [-0.2, -0.15) is 0 Å². The minimum absolute atomic E-state index is 0.00519. The summed E-state index contributed by atoms with van der Waals surface area (Å²) in [6, 6.07) is 13.4. The van der Waals surface area contributed by atoms with Crippen molar-refractivity contribution < 1.29 is 14.3 Å². The fourth-order valence-electron chi connectivity index (χ4n) is 2.17. The maximum absolute atomic E-state index is 11.9. The number of methoxy groups -OCH3 is 2. The molecule has 24 heavy (non-hydrogen) atoms. The molecule has 5 nitrogen and oxygen atoms in total. The van der Waals surface area contributed by atoms with Crippen LogP contribution in [0.3, 0.4) is 0 Å². The SMILES string of the molecule is COc1ccc(CNC(=O)CCNc2ccc(Br)cc2)cc1OC. The standard InChI is InChI=1S/C18H21BrN2O3/c1-23-16-8-3-13(11-17(16)24-2)12-21-18(22)9-10-20-15-6-4-14(19)5-7-15/h3-8,11,20H,9-10,12H2,1-2H3,(H,21,22). The first-order valence-corrected chi connectivity index (χ1v) is 8.38. The summed E-state index contributed by atoms with van der Waals surface area (Å²) in [6.45, 7) is 1.04. The summed E-state index contributed by atoms with van der Waals surface area (Å²) in [7, 11) is 3.19. The molecule has 2 aromatic rings. The van der Waals surface area contributed by atoms with Gasteiger partial charge in [-0.15, -0.1) is 0 Å². The molecule has 0 bridgehead atoms. The van der Waals surface area contributed by atoms with Crippen molar-refractivity contribution in [2.75, 3.05) is 26.1 Å². The number of hydrogen-bond donors (Lipinski definition) is 2. The maximum Gasteiger partial charge on any atom is 0.222 e. The summed E-state index contributed by atoms with van der Waals surface area (Å²) >= 11 is 3.39. The van der Waals surface area contributed by atoms with Crippen molar-refractivity contribution in [1.82, 2.24) is 5.32 Å². The van der Waals surface area contributed by atoms with E-state index < -0.39 is 0 Å². The van der Waals surface area contributed by atoms with Crippen LogP contribution in [0.25, 0.3) is 0 Å². The van der Waals surface area contributed by atoms with Gasteiger partial charge in [0.05, 0.1) is 14.2 Å². The van der Waals surface area contributed by atoms with Gasteiger partial charge in [0.25, 0.3) is 0 Å². The van der Waals surface area contributed by atoms with E-state index >= 15 is 0 Å². The van der Waals surface area contributed by atoms with Crippen LogP contribution in [0.2, 0.25) is 0 Å². The second-order valence-corrected chi connectivity index (χ2v) is 6.07. The van der Waals surface area contributed by atoms with Crippen LogP contribution in [0.5, 0.6) is 11.5 Å². The van der Waals surface area contributed by atoms with Gasteiger partial charge in [0.1, 0.15) is 0 Å². The molecule has 1 amide bonds. The molecule has 2 rings (SSSR count). The molecular weight excluding hydrogens is 372 g/mol. The molecule has 0 aliphatic rings. The molecule has 2 N–H and O–H groups in total. The van der Waals surface area contributed by atoms with Crippen LogP contribution in [0, 0.1) is 0 Å². The molecule has 0 aromatic heterocycles. The zero-order valence-electron chi connectivity index (χ0n) is 13.8. The number of carbonyl (C=O) groups excluding carboxylic acids is 1. The van der Waals surface area contributed by atoms with E-state index in [-0.39, 0.29) is 5.91 Å². The minimum atomic E-state index is -0.00519. The number of carbonyl (C=O) groups is 1. The molecule has 2 aromatic carbocycles. The Balaban J connectivity index is 1.75. The lowest BCUT2D eigenvalue weighted by Gasteiger charge is -2.11. The van der Waals surface area contributed by atoms with E-state index in [1.54, 1.807) is 14.2 Å². The van der Waals surface area contributed by atoms with Gasteiger partial charge in [-0.05, 0) is 42.0 Å². The van der Waals surface area contributed by atoms with Crippen LogP contribution in [-0.2, 0) is 11.3 Å². The highest BCUT2D eigenvalue weighted by Gasteiger charge is 2.06. The number of anilines is 1. The van der Waals surface area contributed by atoms with Gasteiger partial charge in [0.15, 0.2) is 11.5 Å². The molecule has 0 aliphatic heterocycles. The number of amides is 1. The van der Waals surface area contributed by atoms with Gasteiger partial charge in [0, 0.05) is 29.7 Å². The first-order chi connectivity index (χ1) is 11.6. The van der Waals surface area contributed by atoms with Crippen LogP contribution in [-0.4, -0.2) is 26.7 Å². The quantitative estimate of drug-likeness (QED) is 0.720. The normalized spacial score (nSPS) is 10.1. The van der Waals surface area contributed by atoms with Crippen LogP contribution in [0.1, 0.15) is 12.0 Å². The number of nitrogens with one attached hydrogen (secondary N) is 2. The second-order valence-electron chi connectivity index (χ2n) is 5.15. The Hall–Kier alpha value is -2.21. The first kappa shape index (κ1) is 18.1. The highest BCUT2D eigenvalue weighted by molar-refractivity contribution is 9.10. The summed E-state index contributed by atoms with van der Waals surface area (Å²) in [5.74, 6) is 1.32. The number of rotatable bonds is 8. The summed E-state index contributed by atoms with van der Waals surface area (Å²) in [6.07, 6.45) is 0.406. The summed E-state index contributed by atoms with van der Waals surface area (Å²) in [5, 5.41) is 6.12. The Morgan fingerprint density at radius 2 is 1.75 bits per heavy atom. The number of hydrogen-bond acceptors (Lipinski definition) is 4. The molecular formula is C18H21BrN2O3. The molecule has 0 aliphatic carbocycles. The zero-order valence-corrected chi connectivity index (χ0v) is 15.4. The Labute approximate surface area is 150 Å². The van der Waals surface area contributed by atoms with Gasteiger partial charge in [-0.1, -0.05) is 22.0 Å². The van der Waals surface area contributed by atoms with Gasteiger partial charge in [-0.25, -0.2) is 0 Å². The lowest BCUT2D eigenvalue weighted by molar-refractivity contribution is -0.121. The highest BCUT2D eigenvalue weighted by Crippen LogP contribution is 2.27. The Kier molecular flexibility index (Phi) is 6.93. The average Bonchev–Trinajstić information content (AvgIpc) is 2.61. The Morgan fingerprint density at radius 1 is 1.04 bits per heavy atom. The largest absolute Gasteiger partial charge is 0.493 e. The molecule has 0 unspecified atom stereocenters. The van der Waals surface area contributed by atoms with E-state index in [4.69, 9.17) is 9.47 Å². The van der Waals surface area contributed by atoms with E-state index in [2.05, 4.69) is 26.6 Å². The molecule has 0 radical (unpaired) electrons. The predicted octanol–water partition coefficient (Wildman–Crippen LogP) is 3.58.